The summed E-state index contributed by atoms with van der Waals surface area (Å²) >= 11 is 1.30. The van der Waals surface area contributed by atoms with E-state index in [0.29, 0.717) is 17.5 Å². The lowest BCUT2D eigenvalue weighted by Crippen LogP contribution is -2.30. The number of nitrogens with zero attached hydrogens (tertiary/aromatic N) is 2. The summed E-state index contributed by atoms with van der Waals surface area (Å²) in [5.41, 5.74) is 2.75. The van der Waals surface area contributed by atoms with Crippen LogP contribution in [0.25, 0.3) is 0 Å². The smallest absolute Gasteiger partial charge is 0.305 e. The maximum absolute atomic E-state index is 12.0. The first-order valence-corrected chi connectivity index (χ1v) is 7.40. The Balaban J connectivity index is 2.15. The zero-order valence-corrected chi connectivity index (χ0v) is 12.6. The summed E-state index contributed by atoms with van der Waals surface area (Å²) in [7, 11) is 0. The molecule has 1 aliphatic heterocycles. The van der Waals surface area contributed by atoms with Crippen LogP contribution in [0.5, 0.6) is 0 Å². The number of thioether (sulfide) groups is 1. The van der Waals surface area contributed by atoms with E-state index < -0.39 is 6.03 Å². The van der Waals surface area contributed by atoms with Gasteiger partial charge in [0.05, 0.1) is 5.75 Å². The monoisotopic (exact) mass is 291 g/mol. The van der Waals surface area contributed by atoms with Gasteiger partial charge in [0.2, 0.25) is 5.91 Å². The second kappa shape index (κ2) is 6.09. The van der Waals surface area contributed by atoms with E-state index >= 15 is 0 Å². The van der Waals surface area contributed by atoms with E-state index in [2.05, 4.69) is 10.3 Å². The standard InChI is InChI=1S/C14H17N3O2S/c1-4-17-11(18)8-20-14(17)16-13(19)15-12-9(2)6-5-7-10(12)3/h5-7H,4,8H2,1-3H3,(H,15,19)/b16-14-. The molecule has 5 nitrogen and oxygen atoms in total. The number of aryl methyl sites for hydroxylation is 2. The molecule has 1 fully saturated rings. The zero-order chi connectivity index (χ0) is 14.7. The summed E-state index contributed by atoms with van der Waals surface area (Å²) in [4.78, 5) is 29.1. The van der Waals surface area contributed by atoms with E-state index in [9.17, 15) is 9.59 Å². The molecule has 106 valence electrons. The lowest BCUT2D eigenvalue weighted by molar-refractivity contribution is -0.123. The van der Waals surface area contributed by atoms with Crippen LogP contribution in [0.15, 0.2) is 23.2 Å². The van der Waals surface area contributed by atoms with Crippen molar-refractivity contribution in [2.24, 2.45) is 4.99 Å². The van der Waals surface area contributed by atoms with Gasteiger partial charge in [-0.2, -0.15) is 4.99 Å². The molecule has 6 heteroatoms. The number of amidine groups is 1. The fourth-order valence-electron chi connectivity index (χ4n) is 2.03. The fraction of sp³-hybridized carbons (Fsp3) is 0.357. The molecular weight excluding hydrogens is 274 g/mol. The van der Waals surface area contributed by atoms with Gasteiger partial charge in [-0.25, -0.2) is 4.79 Å². The first-order valence-electron chi connectivity index (χ1n) is 6.42. The lowest BCUT2D eigenvalue weighted by Gasteiger charge is -2.13. The maximum Gasteiger partial charge on any atom is 0.347 e. The van der Waals surface area contributed by atoms with E-state index in [1.165, 1.54) is 16.7 Å². The third kappa shape index (κ3) is 3.01. The van der Waals surface area contributed by atoms with Crippen molar-refractivity contribution in [1.82, 2.24) is 4.90 Å². The average molecular weight is 291 g/mol. The van der Waals surface area contributed by atoms with Gasteiger partial charge in [0.1, 0.15) is 0 Å². The summed E-state index contributed by atoms with van der Waals surface area (Å²) in [5, 5.41) is 3.26. The largest absolute Gasteiger partial charge is 0.347 e. The molecule has 0 aliphatic carbocycles. The number of aliphatic imine (C=N–C) groups is 1. The highest BCUT2D eigenvalue weighted by molar-refractivity contribution is 8.15. The second-order valence-electron chi connectivity index (χ2n) is 4.52. The van der Waals surface area contributed by atoms with Gasteiger partial charge in [0.25, 0.3) is 0 Å². The molecular formula is C14H17N3O2S. The molecule has 1 aromatic carbocycles. The summed E-state index contributed by atoms with van der Waals surface area (Å²) < 4.78 is 0. The van der Waals surface area contributed by atoms with Crippen LogP contribution < -0.4 is 5.32 Å². The molecule has 1 heterocycles. The van der Waals surface area contributed by atoms with Crippen LogP contribution in [0.4, 0.5) is 10.5 Å². The molecule has 0 radical (unpaired) electrons. The Kier molecular flexibility index (Phi) is 4.44. The number of carbonyl (C=O) groups excluding carboxylic acids is 2. The number of hydrogen-bond acceptors (Lipinski definition) is 3. The Labute approximate surface area is 122 Å². The zero-order valence-electron chi connectivity index (χ0n) is 11.8. The molecule has 1 aromatic rings. The van der Waals surface area contributed by atoms with E-state index in [1.54, 1.807) is 0 Å². The second-order valence-corrected chi connectivity index (χ2v) is 5.46. The third-order valence-corrected chi connectivity index (χ3v) is 4.04. The van der Waals surface area contributed by atoms with Crippen LogP contribution in [0.1, 0.15) is 18.1 Å². The van der Waals surface area contributed by atoms with Crippen molar-refractivity contribution in [3.05, 3.63) is 29.3 Å². The summed E-state index contributed by atoms with van der Waals surface area (Å²) in [6.45, 7) is 6.26. The van der Waals surface area contributed by atoms with Gasteiger partial charge in [0, 0.05) is 12.2 Å². The van der Waals surface area contributed by atoms with E-state index in [-0.39, 0.29) is 5.91 Å². The highest BCUT2D eigenvalue weighted by Crippen LogP contribution is 2.21. The van der Waals surface area contributed by atoms with Gasteiger partial charge in [-0.05, 0) is 31.9 Å². The SMILES string of the molecule is CCN1C(=O)CS/C1=N\C(=O)Nc1c(C)cccc1C. The van der Waals surface area contributed by atoms with E-state index in [1.807, 2.05) is 39.0 Å². The molecule has 1 N–H and O–H groups in total. The van der Waals surface area contributed by atoms with Crippen molar-refractivity contribution in [3.63, 3.8) is 0 Å². The van der Waals surface area contributed by atoms with Gasteiger partial charge in [-0.1, -0.05) is 30.0 Å². The minimum atomic E-state index is -0.446. The molecule has 3 amide bonds. The number of hydrogen-bond donors (Lipinski definition) is 1. The number of urea groups is 1. The molecule has 1 saturated heterocycles. The normalized spacial score (nSPS) is 16.9. The predicted octanol–water partition coefficient (Wildman–Crippen LogP) is 2.79. The highest BCUT2D eigenvalue weighted by Gasteiger charge is 2.27. The first kappa shape index (κ1) is 14.6. The Hall–Kier alpha value is -1.82. The number of nitrogens with one attached hydrogen (secondary N) is 1. The molecule has 0 atom stereocenters. The highest BCUT2D eigenvalue weighted by atomic mass is 32.2. The predicted molar refractivity (Wildman–Crippen MR) is 82.2 cm³/mol. The summed E-state index contributed by atoms with van der Waals surface area (Å²) in [6.07, 6.45) is 0. The number of para-hydroxylation sites is 1. The minimum absolute atomic E-state index is 0.00359. The molecule has 1 aliphatic rings. The van der Waals surface area contributed by atoms with Crippen molar-refractivity contribution < 1.29 is 9.59 Å². The van der Waals surface area contributed by atoms with Crippen LogP contribution in [0, 0.1) is 13.8 Å². The third-order valence-electron chi connectivity index (χ3n) is 3.08. The van der Waals surface area contributed by atoms with Crippen molar-refractivity contribution in [3.8, 4) is 0 Å². The van der Waals surface area contributed by atoms with Crippen LogP contribution in [0.2, 0.25) is 0 Å². The molecule has 20 heavy (non-hydrogen) atoms. The van der Waals surface area contributed by atoms with E-state index in [0.717, 1.165) is 16.8 Å². The molecule has 0 saturated carbocycles. The van der Waals surface area contributed by atoms with Crippen molar-refractivity contribution >= 4 is 34.6 Å². The topological polar surface area (TPSA) is 61.8 Å². The maximum atomic E-state index is 12.0. The quantitative estimate of drug-likeness (QED) is 0.911. The fourth-order valence-corrected chi connectivity index (χ4v) is 2.97. The Bertz CT molecular complexity index is 564. The van der Waals surface area contributed by atoms with Crippen molar-refractivity contribution in [2.75, 3.05) is 17.6 Å². The Morgan fingerprint density at radius 3 is 2.65 bits per heavy atom. The number of anilines is 1. The Morgan fingerprint density at radius 1 is 1.40 bits per heavy atom. The van der Waals surface area contributed by atoms with Gasteiger partial charge in [-0.15, -0.1) is 0 Å². The first-order chi connectivity index (χ1) is 9.52. The molecule has 0 aromatic heterocycles. The molecule has 0 spiro atoms. The van der Waals surface area contributed by atoms with Crippen LogP contribution in [-0.2, 0) is 4.79 Å². The molecule has 2 rings (SSSR count). The van der Waals surface area contributed by atoms with Gasteiger partial charge in [0.15, 0.2) is 5.17 Å². The molecule has 0 bridgehead atoms. The van der Waals surface area contributed by atoms with Crippen molar-refractivity contribution in [1.29, 1.82) is 0 Å². The van der Waals surface area contributed by atoms with Gasteiger partial charge >= 0.3 is 6.03 Å². The average Bonchev–Trinajstić information content (AvgIpc) is 2.74. The minimum Gasteiger partial charge on any atom is -0.305 e. The molecule has 0 unspecified atom stereocenters. The van der Waals surface area contributed by atoms with Crippen LogP contribution in [-0.4, -0.2) is 34.3 Å². The number of amides is 3. The van der Waals surface area contributed by atoms with E-state index in [4.69, 9.17) is 0 Å². The summed E-state index contributed by atoms with van der Waals surface area (Å²) in [6, 6.07) is 5.36. The van der Waals surface area contributed by atoms with Gasteiger partial charge in [-0.3, -0.25) is 9.69 Å². The Morgan fingerprint density at radius 2 is 2.05 bits per heavy atom. The lowest BCUT2D eigenvalue weighted by atomic mass is 10.1. The summed E-state index contributed by atoms with van der Waals surface area (Å²) in [5.74, 6) is 0.347. The number of benzene rings is 1. The van der Waals surface area contributed by atoms with Crippen LogP contribution in [0.3, 0.4) is 0 Å². The van der Waals surface area contributed by atoms with Gasteiger partial charge < -0.3 is 5.32 Å². The van der Waals surface area contributed by atoms with Crippen molar-refractivity contribution in [2.45, 2.75) is 20.8 Å². The van der Waals surface area contributed by atoms with Crippen LogP contribution >= 0.6 is 11.8 Å². The number of rotatable bonds is 2. The number of carbonyl (C=O) groups is 2.